The van der Waals surface area contributed by atoms with Crippen LogP contribution in [0, 0.1) is 6.92 Å². The molecule has 0 aliphatic carbocycles. The van der Waals surface area contributed by atoms with Gasteiger partial charge in [-0.25, -0.2) is 9.97 Å². The summed E-state index contributed by atoms with van der Waals surface area (Å²) in [5.74, 6) is 0.678. The third-order valence-corrected chi connectivity index (χ3v) is 5.69. The summed E-state index contributed by atoms with van der Waals surface area (Å²) in [6.45, 7) is 6.28. The highest BCUT2D eigenvalue weighted by Gasteiger charge is 2.13. The highest BCUT2D eigenvalue weighted by molar-refractivity contribution is 7.13. The summed E-state index contributed by atoms with van der Waals surface area (Å²) in [6, 6.07) is 9.55. The number of carboxylic acids is 1. The number of aliphatic carboxylic acids is 1. The molecule has 2 heterocycles. The summed E-state index contributed by atoms with van der Waals surface area (Å²) < 4.78 is 0. The summed E-state index contributed by atoms with van der Waals surface area (Å²) in [6.07, 6.45) is 7.39. The number of allylic oxidation sites excluding steroid dienone is 1. The van der Waals surface area contributed by atoms with E-state index in [0.29, 0.717) is 0 Å². The Hall–Kier alpha value is -2.99. The third kappa shape index (κ3) is 5.54. The number of aryl methyl sites for hydroxylation is 1. The lowest BCUT2D eigenvalue weighted by Gasteiger charge is -2.14. The van der Waals surface area contributed by atoms with Gasteiger partial charge in [0.25, 0.3) is 0 Å². The maximum Gasteiger partial charge on any atom is 0.307 e. The summed E-state index contributed by atoms with van der Waals surface area (Å²) in [5, 5.41) is 14.5. The van der Waals surface area contributed by atoms with Gasteiger partial charge >= 0.3 is 5.97 Å². The molecular formula is C24H27N3O2S. The van der Waals surface area contributed by atoms with Crippen molar-refractivity contribution in [1.29, 1.82) is 0 Å². The maximum absolute atomic E-state index is 10.9. The van der Waals surface area contributed by atoms with E-state index in [-0.39, 0.29) is 6.42 Å². The molecule has 5 nitrogen and oxygen atoms in total. The second-order valence-electron chi connectivity index (χ2n) is 7.14. The normalized spacial score (nSPS) is 11.2. The lowest BCUT2D eigenvalue weighted by Crippen LogP contribution is -2.05. The zero-order valence-electron chi connectivity index (χ0n) is 17.6. The fourth-order valence-electron chi connectivity index (χ4n) is 3.19. The number of nitrogens with zero attached hydrogens (tertiary/aromatic N) is 2. The number of nitrogens with one attached hydrogen (secondary N) is 1. The molecule has 1 aromatic carbocycles. The Morgan fingerprint density at radius 3 is 2.63 bits per heavy atom. The topological polar surface area (TPSA) is 75.1 Å². The van der Waals surface area contributed by atoms with Crippen LogP contribution in [0.2, 0.25) is 0 Å². The molecule has 2 aromatic heterocycles. The highest BCUT2D eigenvalue weighted by Crippen LogP contribution is 2.30. The first kappa shape index (κ1) is 21.7. The number of anilines is 2. The molecule has 6 heteroatoms. The quantitative estimate of drug-likeness (QED) is 0.426. The minimum Gasteiger partial charge on any atom is -0.481 e. The molecule has 0 saturated carbocycles. The summed E-state index contributed by atoms with van der Waals surface area (Å²) >= 11 is 1.65. The monoisotopic (exact) mass is 421 g/mol. The van der Waals surface area contributed by atoms with Gasteiger partial charge in [0, 0.05) is 16.9 Å². The van der Waals surface area contributed by atoms with Crippen LogP contribution in [-0.2, 0) is 17.6 Å². The van der Waals surface area contributed by atoms with Crippen LogP contribution >= 0.6 is 11.3 Å². The van der Waals surface area contributed by atoms with Crippen molar-refractivity contribution in [2.75, 3.05) is 5.32 Å². The molecule has 0 aliphatic rings. The van der Waals surface area contributed by atoms with E-state index in [0.717, 1.165) is 58.3 Å². The van der Waals surface area contributed by atoms with Crippen molar-refractivity contribution in [3.63, 3.8) is 0 Å². The van der Waals surface area contributed by atoms with Crippen LogP contribution in [-0.4, -0.2) is 21.0 Å². The first-order valence-corrected chi connectivity index (χ1v) is 11.1. The molecule has 0 spiro atoms. The molecule has 3 rings (SSSR count). The van der Waals surface area contributed by atoms with Crippen LogP contribution in [0.5, 0.6) is 0 Å². The SMILES string of the molecule is CCC/C=C/c1csc(-c2nc(C)c(CC)c(Nc3ccc(CC(=O)O)cc3)n2)c1. The third-order valence-electron chi connectivity index (χ3n) is 4.75. The van der Waals surface area contributed by atoms with Gasteiger partial charge in [-0.2, -0.15) is 0 Å². The molecule has 0 aliphatic heterocycles. The van der Waals surface area contributed by atoms with Gasteiger partial charge in [-0.3, -0.25) is 4.79 Å². The van der Waals surface area contributed by atoms with Crippen LogP contribution < -0.4 is 5.32 Å². The smallest absolute Gasteiger partial charge is 0.307 e. The number of benzene rings is 1. The summed E-state index contributed by atoms with van der Waals surface area (Å²) in [5.41, 5.74) is 4.85. The fraction of sp³-hybridized carbons (Fsp3) is 0.292. The Morgan fingerprint density at radius 1 is 1.20 bits per heavy atom. The van der Waals surface area contributed by atoms with E-state index in [1.165, 1.54) is 5.56 Å². The standard InChI is InChI=1S/C24H27N3O2S/c1-4-6-7-8-18-13-21(30-15-18)24-25-16(3)20(5-2)23(27-24)26-19-11-9-17(10-12-19)14-22(28)29/h7-13,15H,4-6,14H2,1-3H3,(H,28,29)(H,25,26,27)/b8-7+. The molecule has 30 heavy (non-hydrogen) atoms. The number of carbonyl (C=O) groups is 1. The van der Waals surface area contributed by atoms with E-state index in [9.17, 15) is 4.79 Å². The summed E-state index contributed by atoms with van der Waals surface area (Å²) in [4.78, 5) is 21.5. The van der Waals surface area contributed by atoms with E-state index in [4.69, 9.17) is 15.1 Å². The van der Waals surface area contributed by atoms with E-state index < -0.39 is 5.97 Å². The lowest BCUT2D eigenvalue weighted by atomic mass is 10.1. The fourth-order valence-corrected chi connectivity index (χ4v) is 4.00. The Labute approximate surface area is 181 Å². The molecule has 0 unspecified atom stereocenters. The molecule has 3 aromatic rings. The molecule has 2 N–H and O–H groups in total. The van der Waals surface area contributed by atoms with E-state index in [1.807, 2.05) is 31.2 Å². The van der Waals surface area contributed by atoms with Crippen LogP contribution in [0.1, 0.15) is 49.1 Å². The van der Waals surface area contributed by atoms with Crippen molar-refractivity contribution >= 4 is 34.9 Å². The lowest BCUT2D eigenvalue weighted by molar-refractivity contribution is -0.136. The Kier molecular flexibility index (Phi) is 7.36. The second-order valence-corrected chi connectivity index (χ2v) is 8.05. The second kappa shape index (κ2) is 10.2. The molecule has 0 amide bonds. The van der Waals surface area contributed by atoms with Crippen LogP contribution in [0.4, 0.5) is 11.5 Å². The zero-order valence-corrected chi connectivity index (χ0v) is 18.4. The number of aromatic nitrogens is 2. The molecular weight excluding hydrogens is 394 g/mol. The Bertz CT molecular complexity index is 1040. The van der Waals surface area contributed by atoms with Crippen LogP contribution in [0.15, 0.2) is 41.8 Å². The van der Waals surface area contributed by atoms with Gasteiger partial charge < -0.3 is 10.4 Å². The van der Waals surface area contributed by atoms with Crippen molar-refractivity contribution in [2.24, 2.45) is 0 Å². The van der Waals surface area contributed by atoms with Gasteiger partial charge in [-0.15, -0.1) is 11.3 Å². The van der Waals surface area contributed by atoms with Crippen LogP contribution in [0.25, 0.3) is 16.8 Å². The first-order chi connectivity index (χ1) is 14.5. The highest BCUT2D eigenvalue weighted by atomic mass is 32.1. The van der Waals surface area contributed by atoms with Crippen LogP contribution in [0.3, 0.4) is 0 Å². The zero-order chi connectivity index (χ0) is 21.5. The molecule has 0 radical (unpaired) electrons. The molecule has 0 saturated heterocycles. The van der Waals surface area contributed by atoms with E-state index in [1.54, 1.807) is 11.3 Å². The van der Waals surface area contributed by atoms with Gasteiger partial charge in [-0.05, 0) is 54.5 Å². The molecule has 156 valence electrons. The largest absolute Gasteiger partial charge is 0.481 e. The number of rotatable bonds is 9. The molecule has 0 atom stereocenters. The van der Waals surface area contributed by atoms with Crippen molar-refractivity contribution in [1.82, 2.24) is 9.97 Å². The average molecular weight is 422 g/mol. The number of unbranched alkanes of at least 4 members (excludes halogenated alkanes) is 1. The summed E-state index contributed by atoms with van der Waals surface area (Å²) in [7, 11) is 0. The predicted molar refractivity (Wildman–Crippen MR) is 124 cm³/mol. The molecule has 0 bridgehead atoms. The van der Waals surface area contributed by atoms with Gasteiger partial charge in [0.2, 0.25) is 0 Å². The Morgan fingerprint density at radius 2 is 1.97 bits per heavy atom. The predicted octanol–water partition coefficient (Wildman–Crippen LogP) is 6.26. The minimum absolute atomic E-state index is 0.0185. The van der Waals surface area contributed by atoms with Crippen molar-refractivity contribution in [3.05, 3.63) is 64.2 Å². The van der Waals surface area contributed by atoms with Gasteiger partial charge in [0.05, 0.1) is 11.3 Å². The average Bonchev–Trinajstić information content (AvgIpc) is 3.18. The van der Waals surface area contributed by atoms with Gasteiger partial charge in [0.15, 0.2) is 5.82 Å². The number of hydrogen-bond acceptors (Lipinski definition) is 5. The van der Waals surface area contributed by atoms with E-state index >= 15 is 0 Å². The minimum atomic E-state index is -0.833. The van der Waals surface area contributed by atoms with Crippen molar-refractivity contribution in [3.8, 4) is 10.7 Å². The Balaban J connectivity index is 1.87. The van der Waals surface area contributed by atoms with E-state index in [2.05, 4.69) is 42.8 Å². The number of carboxylic acid groups (broad SMARTS) is 1. The van der Waals surface area contributed by atoms with Crippen molar-refractivity contribution in [2.45, 2.75) is 46.5 Å². The van der Waals surface area contributed by atoms with Gasteiger partial charge in [-0.1, -0.05) is 44.6 Å². The van der Waals surface area contributed by atoms with Crippen molar-refractivity contribution < 1.29 is 9.90 Å². The maximum atomic E-state index is 10.9. The first-order valence-electron chi connectivity index (χ1n) is 10.2. The molecule has 0 fully saturated rings. The number of hydrogen-bond donors (Lipinski definition) is 2. The van der Waals surface area contributed by atoms with Gasteiger partial charge in [0.1, 0.15) is 5.82 Å². The number of thiophene rings is 1.